The van der Waals surface area contributed by atoms with E-state index in [0.717, 1.165) is 0 Å². The number of carbonyl (C=O) groups is 6. The van der Waals surface area contributed by atoms with Crippen LogP contribution in [0.1, 0.15) is 24.8 Å². The van der Waals surface area contributed by atoms with Gasteiger partial charge in [0.15, 0.2) is 0 Å². The average Bonchev–Trinajstić information content (AvgIpc) is 2.80. The van der Waals surface area contributed by atoms with Crippen LogP contribution in [0.5, 0.6) is 0 Å². The lowest BCUT2D eigenvalue weighted by Crippen LogP contribution is -2.58. The van der Waals surface area contributed by atoms with Crippen LogP contribution in [0.2, 0.25) is 0 Å². The third kappa shape index (κ3) is 11.2. The molecule has 36 heavy (non-hydrogen) atoms. The van der Waals surface area contributed by atoms with Crippen molar-refractivity contribution in [2.24, 2.45) is 11.5 Å². The molecule has 0 aliphatic heterocycles. The highest BCUT2D eigenvalue weighted by Crippen LogP contribution is 2.07. The molecule has 0 spiro atoms. The van der Waals surface area contributed by atoms with Gasteiger partial charge in [0.1, 0.15) is 18.1 Å². The maximum absolute atomic E-state index is 13.1. The first kappa shape index (κ1) is 30.4. The van der Waals surface area contributed by atoms with Gasteiger partial charge in [0.25, 0.3) is 0 Å². The Morgan fingerprint density at radius 2 is 1.42 bits per heavy atom. The Labute approximate surface area is 211 Å². The Bertz CT molecular complexity index is 946. The van der Waals surface area contributed by atoms with Gasteiger partial charge in [-0.2, -0.15) is 11.8 Å². The zero-order valence-electron chi connectivity index (χ0n) is 19.6. The molecule has 0 aromatic heterocycles. The van der Waals surface area contributed by atoms with Gasteiger partial charge in [-0.3, -0.25) is 24.0 Å². The van der Waals surface area contributed by atoms with Crippen molar-refractivity contribution >= 4 is 47.3 Å². The first-order valence-electron chi connectivity index (χ1n) is 10.9. The molecule has 4 amide bonds. The number of hydrogen-bond donors (Lipinski definition) is 7. The summed E-state index contributed by atoms with van der Waals surface area (Å²) in [5.41, 5.74) is 11.3. The molecule has 4 unspecified atom stereocenters. The van der Waals surface area contributed by atoms with E-state index in [1.807, 2.05) is 0 Å². The van der Waals surface area contributed by atoms with E-state index in [1.54, 1.807) is 36.6 Å². The molecule has 13 nitrogen and oxygen atoms in total. The van der Waals surface area contributed by atoms with Crippen molar-refractivity contribution in [1.29, 1.82) is 0 Å². The van der Waals surface area contributed by atoms with E-state index in [1.165, 1.54) is 11.8 Å². The summed E-state index contributed by atoms with van der Waals surface area (Å²) in [6.45, 7) is 0. The Kier molecular flexibility index (Phi) is 13.0. The van der Waals surface area contributed by atoms with E-state index in [9.17, 15) is 33.9 Å². The lowest BCUT2D eigenvalue weighted by atomic mass is 10.0. The molecule has 0 bridgehead atoms. The number of carbonyl (C=O) groups excluding carboxylic acids is 4. The standard InChI is InChI=1S/C22H31N5O8S/c1-36-8-7-14(20(32)27-16(22(34)35)11-17(24)28)25-21(33)15(9-12-5-3-2-4-6-12)26-19(31)13(23)10-18(29)30/h2-6,13-16H,7-11,23H2,1H3,(H2,24,28)(H,25,33)(H,26,31)(H,27,32)(H,29,30)(H,34,35). The topological polar surface area (TPSA) is 231 Å². The lowest BCUT2D eigenvalue weighted by molar-refractivity contribution is -0.143. The van der Waals surface area contributed by atoms with E-state index in [-0.39, 0.29) is 12.8 Å². The van der Waals surface area contributed by atoms with Crippen molar-refractivity contribution in [2.45, 2.75) is 49.9 Å². The van der Waals surface area contributed by atoms with Crippen LogP contribution in [0.25, 0.3) is 0 Å². The van der Waals surface area contributed by atoms with Crippen molar-refractivity contribution in [3.05, 3.63) is 35.9 Å². The van der Waals surface area contributed by atoms with Crippen LogP contribution in [0, 0.1) is 0 Å². The number of amides is 4. The Hall–Kier alpha value is -3.65. The lowest BCUT2D eigenvalue weighted by Gasteiger charge is -2.25. The highest BCUT2D eigenvalue weighted by Gasteiger charge is 2.31. The predicted octanol–water partition coefficient (Wildman–Crippen LogP) is -1.80. The fraction of sp³-hybridized carbons (Fsp3) is 0.455. The molecule has 0 saturated heterocycles. The number of carboxylic acid groups (broad SMARTS) is 2. The highest BCUT2D eigenvalue weighted by molar-refractivity contribution is 7.98. The summed E-state index contributed by atoms with van der Waals surface area (Å²) in [5.74, 6) is -5.76. The number of thioether (sulfide) groups is 1. The van der Waals surface area contributed by atoms with Gasteiger partial charge in [0, 0.05) is 6.42 Å². The number of rotatable bonds is 16. The van der Waals surface area contributed by atoms with Crippen LogP contribution >= 0.6 is 11.8 Å². The molecule has 14 heteroatoms. The SMILES string of the molecule is CSCCC(NC(=O)C(Cc1ccccc1)NC(=O)C(N)CC(=O)O)C(=O)NC(CC(N)=O)C(=O)O. The monoisotopic (exact) mass is 525 g/mol. The van der Waals surface area contributed by atoms with Crippen LogP contribution in [0.15, 0.2) is 30.3 Å². The van der Waals surface area contributed by atoms with Gasteiger partial charge in [-0.05, 0) is 24.0 Å². The summed E-state index contributed by atoms with van der Waals surface area (Å²) in [6.07, 6.45) is 0.603. The van der Waals surface area contributed by atoms with Crippen molar-refractivity contribution in [1.82, 2.24) is 16.0 Å². The molecular weight excluding hydrogens is 494 g/mol. The molecule has 0 saturated carbocycles. The second-order valence-electron chi connectivity index (χ2n) is 7.87. The molecule has 0 radical (unpaired) electrons. The molecule has 0 aliphatic rings. The van der Waals surface area contributed by atoms with Gasteiger partial charge in [0.2, 0.25) is 23.6 Å². The molecule has 1 rings (SSSR count). The summed E-state index contributed by atoms with van der Waals surface area (Å²) < 4.78 is 0. The second kappa shape index (κ2) is 15.4. The van der Waals surface area contributed by atoms with Crippen molar-refractivity contribution in [2.75, 3.05) is 12.0 Å². The smallest absolute Gasteiger partial charge is 0.326 e. The van der Waals surface area contributed by atoms with E-state index >= 15 is 0 Å². The third-order valence-electron chi connectivity index (χ3n) is 4.91. The van der Waals surface area contributed by atoms with Gasteiger partial charge in [0.05, 0.1) is 18.9 Å². The van der Waals surface area contributed by atoms with Crippen molar-refractivity contribution in [3.63, 3.8) is 0 Å². The summed E-state index contributed by atoms with van der Waals surface area (Å²) >= 11 is 1.38. The zero-order valence-corrected chi connectivity index (χ0v) is 20.5. The van der Waals surface area contributed by atoms with Crippen LogP contribution in [0.3, 0.4) is 0 Å². The van der Waals surface area contributed by atoms with Gasteiger partial charge in [-0.25, -0.2) is 4.79 Å². The molecule has 0 aliphatic carbocycles. The summed E-state index contributed by atoms with van der Waals surface area (Å²) in [7, 11) is 0. The molecule has 1 aromatic rings. The van der Waals surface area contributed by atoms with Crippen LogP contribution in [-0.4, -0.2) is 82.0 Å². The minimum absolute atomic E-state index is 0.00843. The number of hydrogen-bond acceptors (Lipinski definition) is 8. The molecule has 0 fully saturated rings. The molecule has 0 heterocycles. The number of nitrogens with one attached hydrogen (secondary N) is 3. The number of benzene rings is 1. The van der Waals surface area contributed by atoms with Crippen LogP contribution < -0.4 is 27.4 Å². The molecule has 198 valence electrons. The minimum Gasteiger partial charge on any atom is -0.481 e. The highest BCUT2D eigenvalue weighted by atomic mass is 32.2. The first-order valence-corrected chi connectivity index (χ1v) is 12.3. The van der Waals surface area contributed by atoms with Gasteiger partial charge in [-0.1, -0.05) is 30.3 Å². The predicted molar refractivity (Wildman–Crippen MR) is 131 cm³/mol. The fourth-order valence-electron chi connectivity index (χ4n) is 3.07. The number of carboxylic acids is 2. The maximum Gasteiger partial charge on any atom is 0.326 e. The maximum atomic E-state index is 13.1. The zero-order chi connectivity index (χ0) is 27.3. The molecule has 4 atom stereocenters. The summed E-state index contributed by atoms with van der Waals surface area (Å²) in [4.78, 5) is 71.8. The fourth-order valence-corrected chi connectivity index (χ4v) is 3.54. The van der Waals surface area contributed by atoms with Crippen molar-refractivity contribution in [3.8, 4) is 0 Å². The summed E-state index contributed by atoms with van der Waals surface area (Å²) in [5, 5.41) is 25.3. The second-order valence-corrected chi connectivity index (χ2v) is 8.85. The Morgan fingerprint density at radius 3 is 1.94 bits per heavy atom. The van der Waals surface area contributed by atoms with E-state index in [2.05, 4.69) is 16.0 Å². The number of aliphatic carboxylic acids is 2. The van der Waals surface area contributed by atoms with Gasteiger partial charge < -0.3 is 37.6 Å². The molecular formula is C22H31N5O8S. The van der Waals surface area contributed by atoms with Crippen molar-refractivity contribution < 1.29 is 39.0 Å². The quantitative estimate of drug-likeness (QED) is 0.128. The normalized spacial score (nSPS) is 13.9. The third-order valence-corrected chi connectivity index (χ3v) is 5.55. The Morgan fingerprint density at radius 1 is 0.861 bits per heavy atom. The number of nitrogens with two attached hydrogens (primary N) is 2. The van der Waals surface area contributed by atoms with Crippen LogP contribution in [-0.2, 0) is 35.2 Å². The summed E-state index contributed by atoms with van der Waals surface area (Å²) in [6, 6.07) is 3.22. The molecule has 9 N–H and O–H groups in total. The largest absolute Gasteiger partial charge is 0.481 e. The van der Waals surface area contributed by atoms with E-state index in [0.29, 0.717) is 11.3 Å². The number of primary amides is 1. The average molecular weight is 526 g/mol. The van der Waals surface area contributed by atoms with E-state index < -0.39 is 72.6 Å². The first-order chi connectivity index (χ1) is 16.9. The van der Waals surface area contributed by atoms with E-state index in [4.69, 9.17) is 16.6 Å². The van der Waals surface area contributed by atoms with Gasteiger partial charge in [-0.15, -0.1) is 0 Å². The Balaban J connectivity index is 3.09. The van der Waals surface area contributed by atoms with Crippen LogP contribution in [0.4, 0.5) is 0 Å². The van der Waals surface area contributed by atoms with Gasteiger partial charge >= 0.3 is 11.9 Å². The minimum atomic E-state index is -1.59. The molecule has 1 aromatic carbocycles.